The van der Waals surface area contributed by atoms with E-state index in [-0.39, 0.29) is 6.04 Å². The van der Waals surface area contributed by atoms with E-state index in [9.17, 15) is 0 Å². The van der Waals surface area contributed by atoms with Gasteiger partial charge in [-0.25, -0.2) is 4.98 Å². The smallest absolute Gasteiger partial charge is 0.131 e. The van der Waals surface area contributed by atoms with Crippen LogP contribution < -0.4 is 5.73 Å². The van der Waals surface area contributed by atoms with Crippen molar-refractivity contribution in [3.63, 3.8) is 0 Å². The van der Waals surface area contributed by atoms with E-state index in [0.29, 0.717) is 0 Å². The van der Waals surface area contributed by atoms with E-state index < -0.39 is 0 Å². The molecule has 1 unspecified atom stereocenters. The Kier molecular flexibility index (Phi) is 2.78. The zero-order valence-electron chi connectivity index (χ0n) is 9.88. The molecule has 0 saturated carbocycles. The minimum absolute atomic E-state index is 0.221. The molecular formula is C11H17N5. The molecule has 0 aliphatic heterocycles. The minimum atomic E-state index is -0.221. The highest BCUT2D eigenvalue weighted by molar-refractivity contribution is 5.20. The van der Waals surface area contributed by atoms with Gasteiger partial charge in [0.2, 0.25) is 0 Å². The van der Waals surface area contributed by atoms with Gasteiger partial charge in [-0.15, -0.1) is 0 Å². The summed E-state index contributed by atoms with van der Waals surface area (Å²) in [4.78, 5) is 4.27. The molecule has 5 heteroatoms. The van der Waals surface area contributed by atoms with Crippen LogP contribution in [0.3, 0.4) is 0 Å². The van der Waals surface area contributed by atoms with E-state index >= 15 is 0 Å². The van der Waals surface area contributed by atoms with Crippen LogP contribution in [0.5, 0.6) is 0 Å². The fraction of sp³-hybridized carbons (Fsp3) is 0.455. The molecule has 0 fully saturated rings. The van der Waals surface area contributed by atoms with Crippen LogP contribution in [0, 0.1) is 6.92 Å². The lowest BCUT2D eigenvalue weighted by Gasteiger charge is -2.12. The van der Waals surface area contributed by atoms with Crippen LogP contribution in [0.25, 0.3) is 0 Å². The number of rotatable bonds is 3. The summed E-state index contributed by atoms with van der Waals surface area (Å²) in [6.07, 6.45) is 3.66. The largest absolute Gasteiger partial charge is 0.336 e. The molecule has 5 nitrogen and oxygen atoms in total. The fourth-order valence-corrected chi connectivity index (χ4v) is 1.88. The SMILES string of the molecule is CCn1nc(C)cc1C(N)c1nccn1C. The standard InChI is InChI=1S/C11H17N5/c1-4-16-9(7-8(2)14-16)10(12)11-13-5-6-15(11)3/h5-7,10H,4,12H2,1-3H3. The maximum atomic E-state index is 6.21. The van der Waals surface area contributed by atoms with Gasteiger partial charge in [0.1, 0.15) is 11.9 Å². The molecule has 0 aliphatic carbocycles. The summed E-state index contributed by atoms with van der Waals surface area (Å²) in [6.45, 7) is 4.85. The number of nitrogens with zero attached hydrogens (tertiary/aromatic N) is 4. The number of hydrogen-bond donors (Lipinski definition) is 1. The van der Waals surface area contributed by atoms with Crippen LogP contribution in [0.1, 0.15) is 30.2 Å². The molecule has 0 bridgehead atoms. The van der Waals surface area contributed by atoms with Gasteiger partial charge in [0.15, 0.2) is 0 Å². The van der Waals surface area contributed by atoms with E-state index in [0.717, 1.165) is 23.8 Å². The Balaban J connectivity index is 2.40. The second kappa shape index (κ2) is 4.09. The van der Waals surface area contributed by atoms with Crippen LogP contribution in [0.2, 0.25) is 0 Å². The highest BCUT2D eigenvalue weighted by Crippen LogP contribution is 2.18. The fourth-order valence-electron chi connectivity index (χ4n) is 1.88. The maximum Gasteiger partial charge on any atom is 0.131 e. The molecule has 2 aromatic heterocycles. The average Bonchev–Trinajstić information content (AvgIpc) is 2.83. The summed E-state index contributed by atoms with van der Waals surface area (Å²) in [7, 11) is 1.95. The van der Waals surface area contributed by atoms with Crippen LogP contribution >= 0.6 is 0 Å². The zero-order chi connectivity index (χ0) is 11.7. The van der Waals surface area contributed by atoms with E-state index in [4.69, 9.17) is 5.73 Å². The van der Waals surface area contributed by atoms with Gasteiger partial charge in [-0.05, 0) is 19.9 Å². The van der Waals surface area contributed by atoms with Gasteiger partial charge in [0.05, 0.1) is 11.4 Å². The predicted octanol–water partition coefficient (Wildman–Crippen LogP) is 0.993. The van der Waals surface area contributed by atoms with Crippen molar-refractivity contribution in [1.29, 1.82) is 0 Å². The van der Waals surface area contributed by atoms with Gasteiger partial charge in [0.25, 0.3) is 0 Å². The Hall–Kier alpha value is -1.62. The molecule has 0 spiro atoms. The normalized spacial score (nSPS) is 13.0. The lowest BCUT2D eigenvalue weighted by molar-refractivity contribution is 0.579. The lowest BCUT2D eigenvalue weighted by Crippen LogP contribution is -2.20. The van der Waals surface area contributed by atoms with Crippen LogP contribution in [-0.4, -0.2) is 19.3 Å². The Morgan fingerprint density at radius 1 is 1.50 bits per heavy atom. The highest BCUT2D eigenvalue weighted by Gasteiger charge is 2.18. The molecule has 0 radical (unpaired) electrons. The average molecular weight is 219 g/mol. The first-order valence-corrected chi connectivity index (χ1v) is 5.40. The van der Waals surface area contributed by atoms with Gasteiger partial charge >= 0.3 is 0 Å². The van der Waals surface area contributed by atoms with Gasteiger partial charge in [-0.1, -0.05) is 0 Å². The van der Waals surface area contributed by atoms with E-state index in [1.807, 2.05) is 35.5 Å². The van der Waals surface area contributed by atoms with Crippen molar-refractivity contribution in [2.75, 3.05) is 0 Å². The van der Waals surface area contributed by atoms with Crippen LogP contribution in [0.15, 0.2) is 18.5 Å². The Morgan fingerprint density at radius 3 is 2.81 bits per heavy atom. The van der Waals surface area contributed by atoms with E-state index in [1.54, 1.807) is 6.20 Å². The van der Waals surface area contributed by atoms with Crippen molar-refractivity contribution in [2.45, 2.75) is 26.4 Å². The first kappa shape index (κ1) is 10.9. The highest BCUT2D eigenvalue weighted by atomic mass is 15.3. The molecule has 0 aliphatic rings. The third-order valence-electron chi connectivity index (χ3n) is 2.69. The molecular weight excluding hydrogens is 202 g/mol. The number of aryl methyl sites for hydroxylation is 3. The lowest BCUT2D eigenvalue weighted by atomic mass is 10.2. The third kappa shape index (κ3) is 1.74. The van der Waals surface area contributed by atoms with Gasteiger partial charge in [-0.2, -0.15) is 5.10 Å². The van der Waals surface area contributed by atoms with Crippen molar-refractivity contribution in [1.82, 2.24) is 19.3 Å². The molecule has 2 heterocycles. The van der Waals surface area contributed by atoms with E-state index in [2.05, 4.69) is 17.0 Å². The molecule has 0 saturated heterocycles. The number of imidazole rings is 1. The Morgan fingerprint density at radius 2 is 2.25 bits per heavy atom. The van der Waals surface area contributed by atoms with Crippen molar-refractivity contribution >= 4 is 0 Å². The van der Waals surface area contributed by atoms with Crippen LogP contribution in [-0.2, 0) is 13.6 Å². The monoisotopic (exact) mass is 219 g/mol. The van der Waals surface area contributed by atoms with Crippen LogP contribution in [0.4, 0.5) is 0 Å². The second-order valence-corrected chi connectivity index (χ2v) is 3.90. The second-order valence-electron chi connectivity index (χ2n) is 3.90. The Bertz CT molecular complexity index is 482. The van der Waals surface area contributed by atoms with Gasteiger partial charge < -0.3 is 10.3 Å². The molecule has 0 amide bonds. The van der Waals surface area contributed by atoms with Gasteiger partial charge in [-0.3, -0.25) is 4.68 Å². The predicted molar refractivity (Wildman–Crippen MR) is 61.9 cm³/mol. The number of aromatic nitrogens is 4. The number of hydrogen-bond acceptors (Lipinski definition) is 3. The quantitative estimate of drug-likeness (QED) is 0.837. The molecule has 0 aromatic carbocycles. The topological polar surface area (TPSA) is 61.7 Å². The summed E-state index contributed by atoms with van der Waals surface area (Å²) in [5.74, 6) is 0.856. The molecule has 2 aromatic rings. The minimum Gasteiger partial charge on any atom is -0.336 e. The van der Waals surface area contributed by atoms with Crippen molar-refractivity contribution in [2.24, 2.45) is 12.8 Å². The molecule has 86 valence electrons. The Labute approximate surface area is 94.9 Å². The first-order chi connectivity index (χ1) is 7.63. The van der Waals surface area contributed by atoms with E-state index in [1.165, 1.54) is 0 Å². The zero-order valence-corrected chi connectivity index (χ0v) is 9.88. The maximum absolute atomic E-state index is 6.21. The summed E-state index contributed by atoms with van der Waals surface area (Å²) >= 11 is 0. The summed E-state index contributed by atoms with van der Waals surface area (Å²) in [5.41, 5.74) is 8.20. The summed E-state index contributed by atoms with van der Waals surface area (Å²) < 4.78 is 3.86. The molecule has 16 heavy (non-hydrogen) atoms. The van der Waals surface area contributed by atoms with Crippen molar-refractivity contribution < 1.29 is 0 Å². The van der Waals surface area contributed by atoms with Crippen molar-refractivity contribution in [3.05, 3.63) is 35.7 Å². The van der Waals surface area contributed by atoms with Gasteiger partial charge in [0, 0.05) is 26.0 Å². The number of nitrogens with two attached hydrogens (primary N) is 1. The third-order valence-corrected chi connectivity index (χ3v) is 2.69. The summed E-state index contributed by atoms with van der Waals surface area (Å²) in [5, 5.41) is 4.39. The molecule has 1 atom stereocenters. The first-order valence-electron chi connectivity index (χ1n) is 5.40. The molecule has 2 rings (SSSR count). The molecule has 2 N–H and O–H groups in total. The summed E-state index contributed by atoms with van der Waals surface area (Å²) in [6, 6.07) is 1.80. The van der Waals surface area contributed by atoms with Crippen molar-refractivity contribution in [3.8, 4) is 0 Å².